The summed E-state index contributed by atoms with van der Waals surface area (Å²) in [7, 11) is 0. The monoisotopic (exact) mass is 411 g/mol. The largest absolute Gasteiger partial charge is 0.481 e. The van der Waals surface area contributed by atoms with Gasteiger partial charge in [0, 0.05) is 13.0 Å². The summed E-state index contributed by atoms with van der Waals surface area (Å²) in [6.07, 6.45) is 19.0. The molecule has 1 fully saturated rings. The van der Waals surface area contributed by atoms with E-state index in [1.165, 1.54) is 55.2 Å². The van der Waals surface area contributed by atoms with Gasteiger partial charge in [-0.3, -0.25) is 14.5 Å². The highest BCUT2D eigenvalue weighted by Gasteiger charge is 2.31. The summed E-state index contributed by atoms with van der Waals surface area (Å²) in [5.74, 6) is -0.913. The SMILES string of the molecule is CCCCCC/C=C/CCCCC/C=C1\SC(=S)N(CCCC(=O)O)C1=O. The van der Waals surface area contributed by atoms with Crippen LogP contribution in [0.25, 0.3) is 0 Å². The molecule has 1 aliphatic heterocycles. The van der Waals surface area contributed by atoms with Crippen molar-refractivity contribution in [1.82, 2.24) is 4.90 Å². The number of thiocarbonyl (C=S) groups is 1. The number of thioether (sulfide) groups is 1. The van der Waals surface area contributed by atoms with Crippen LogP contribution >= 0.6 is 24.0 Å². The third-order valence-electron chi connectivity index (χ3n) is 4.44. The van der Waals surface area contributed by atoms with Crippen molar-refractivity contribution < 1.29 is 14.7 Å². The zero-order valence-electron chi connectivity index (χ0n) is 16.5. The number of carbonyl (C=O) groups excluding carboxylic acids is 1. The molecule has 0 radical (unpaired) electrons. The number of hydrogen-bond donors (Lipinski definition) is 1. The molecule has 6 heteroatoms. The van der Waals surface area contributed by atoms with Gasteiger partial charge < -0.3 is 5.11 Å². The summed E-state index contributed by atoms with van der Waals surface area (Å²) < 4.78 is 0.542. The molecule has 0 aromatic heterocycles. The summed E-state index contributed by atoms with van der Waals surface area (Å²) in [4.78, 5) is 25.1. The van der Waals surface area contributed by atoms with E-state index >= 15 is 0 Å². The normalized spacial score (nSPS) is 16.2. The topological polar surface area (TPSA) is 57.6 Å². The molecule has 0 aliphatic carbocycles. The van der Waals surface area contributed by atoms with Crippen LogP contribution in [0.1, 0.15) is 84.0 Å². The van der Waals surface area contributed by atoms with E-state index in [0.29, 0.717) is 22.2 Å². The highest BCUT2D eigenvalue weighted by atomic mass is 32.2. The molecule has 0 bridgehead atoms. The molecule has 4 nitrogen and oxygen atoms in total. The van der Waals surface area contributed by atoms with Gasteiger partial charge in [-0.25, -0.2) is 0 Å². The van der Waals surface area contributed by atoms with Crippen molar-refractivity contribution in [2.24, 2.45) is 0 Å². The molecule has 0 saturated carbocycles. The van der Waals surface area contributed by atoms with E-state index in [9.17, 15) is 9.59 Å². The fraction of sp³-hybridized carbons (Fsp3) is 0.667. The fourth-order valence-electron chi connectivity index (χ4n) is 2.86. The van der Waals surface area contributed by atoms with Gasteiger partial charge in [0.15, 0.2) is 0 Å². The average molecular weight is 412 g/mol. The number of nitrogens with zero attached hydrogens (tertiary/aromatic N) is 1. The minimum atomic E-state index is -0.845. The molecule has 152 valence electrons. The average Bonchev–Trinajstić information content (AvgIpc) is 2.90. The van der Waals surface area contributed by atoms with Gasteiger partial charge in [-0.2, -0.15) is 0 Å². The van der Waals surface area contributed by atoms with Crippen molar-refractivity contribution in [3.05, 3.63) is 23.1 Å². The molecule has 1 saturated heterocycles. The predicted octanol–water partition coefficient (Wildman–Crippen LogP) is 6.07. The molecule has 27 heavy (non-hydrogen) atoms. The van der Waals surface area contributed by atoms with E-state index in [-0.39, 0.29) is 12.3 Å². The smallest absolute Gasteiger partial charge is 0.303 e. The molecular weight excluding hydrogens is 378 g/mol. The molecule has 1 amide bonds. The molecule has 0 unspecified atom stereocenters. The van der Waals surface area contributed by atoms with Crippen LogP contribution < -0.4 is 0 Å². The van der Waals surface area contributed by atoms with Crippen LogP contribution in [0, 0.1) is 0 Å². The van der Waals surface area contributed by atoms with E-state index in [1.807, 2.05) is 6.08 Å². The fourth-order valence-corrected chi connectivity index (χ4v) is 4.17. The van der Waals surface area contributed by atoms with Crippen LogP contribution in [-0.2, 0) is 9.59 Å². The lowest BCUT2D eigenvalue weighted by molar-refractivity contribution is -0.137. The first-order valence-electron chi connectivity index (χ1n) is 10.2. The Kier molecular flexibility index (Phi) is 13.2. The zero-order valence-corrected chi connectivity index (χ0v) is 18.1. The van der Waals surface area contributed by atoms with Crippen molar-refractivity contribution in [3.63, 3.8) is 0 Å². The van der Waals surface area contributed by atoms with E-state index in [4.69, 9.17) is 17.3 Å². The van der Waals surface area contributed by atoms with Crippen LogP contribution in [0.5, 0.6) is 0 Å². The van der Waals surface area contributed by atoms with Gasteiger partial charge in [0.1, 0.15) is 4.32 Å². The predicted molar refractivity (Wildman–Crippen MR) is 118 cm³/mol. The second-order valence-electron chi connectivity index (χ2n) is 6.85. The Morgan fingerprint density at radius 1 is 1.04 bits per heavy atom. The Morgan fingerprint density at radius 2 is 1.67 bits per heavy atom. The van der Waals surface area contributed by atoms with E-state index < -0.39 is 5.97 Å². The summed E-state index contributed by atoms with van der Waals surface area (Å²) in [6, 6.07) is 0. The second-order valence-corrected chi connectivity index (χ2v) is 8.52. The maximum atomic E-state index is 12.3. The quantitative estimate of drug-likeness (QED) is 0.153. The Labute approximate surface area is 173 Å². The number of hydrogen-bond acceptors (Lipinski definition) is 4. The number of aliphatic carboxylic acids is 1. The van der Waals surface area contributed by atoms with E-state index in [2.05, 4.69) is 19.1 Å². The van der Waals surface area contributed by atoms with Crippen molar-refractivity contribution in [3.8, 4) is 0 Å². The molecule has 0 atom stereocenters. The highest BCUT2D eigenvalue weighted by molar-refractivity contribution is 8.26. The lowest BCUT2D eigenvalue weighted by Gasteiger charge is -2.13. The van der Waals surface area contributed by atoms with Crippen LogP contribution in [-0.4, -0.2) is 32.7 Å². The van der Waals surface area contributed by atoms with Crippen LogP contribution in [0.4, 0.5) is 0 Å². The Bertz CT molecular complexity index is 544. The second kappa shape index (κ2) is 14.9. The molecule has 1 rings (SSSR count). The summed E-state index contributed by atoms with van der Waals surface area (Å²) in [6.45, 7) is 2.62. The maximum absolute atomic E-state index is 12.3. The number of carboxylic acids is 1. The summed E-state index contributed by atoms with van der Waals surface area (Å²) in [5, 5.41) is 8.69. The van der Waals surface area contributed by atoms with Crippen LogP contribution in [0.2, 0.25) is 0 Å². The number of rotatable bonds is 15. The van der Waals surface area contributed by atoms with Crippen molar-refractivity contribution >= 4 is 40.2 Å². The number of carbonyl (C=O) groups is 2. The van der Waals surface area contributed by atoms with E-state index in [0.717, 1.165) is 25.7 Å². The molecule has 1 N–H and O–H groups in total. The lowest BCUT2D eigenvalue weighted by atomic mass is 10.1. The van der Waals surface area contributed by atoms with Gasteiger partial charge in [0.05, 0.1) is 4.91 Å². The van der Waals surface area contributed by atoms with Crippen molar-refractivity contribution in [2.75, 3.05) is 6.54 Å². The van der Waals surface area contributed by atoms with Crippen LogP contribution in [0.15, 0.2) is 23.1 Å². The van der Waals surface area contributed by atoms with Gasteiger partial charge in [-0.05, 0) is 44.9 Å². The summed E-state index contributed by atoms with van der Waals surface area (Å²) in [5.41, 5.74) is 0. The van der Waals surface area contributed by atoms with Crippen molar-refractivity contribution in [1.29, 1.82) is 0 Å². The van der Waals surface area contributed by atoms with Crippen LogP contribution in [0.3, 0.4) is 0 Å². The minimum Gasteiger partial charge on any atom is -0.481 e. The number of carboxylic acid groups (broad SMARTS) is 1. The molecular formula is C21H33NO3S2. The standard InChI is InChI=1S/C21H33NO3S2/c1-2-3-4-5-6-7-8-9-10-11-12-13-15-18-20(25)22(21(26)27-18)17-14-16-19(23)24/h7-8,15H,2-6,9-14,16-17H2,1H3,(H,23,24)/b8-7+,18-15-. The third kappa shape index (κ3) is 10.7. The summed E-state index contributed by atoms with van der Waals surface area (Å²) >= 11 is 6.57. The lowest BCUT2D eigenvalue weighted by Crippen LogP contribution is -2.29. The first-order valence-corrected chi connectivity index (χ1v) is 11.4. The third-order valence-corrected chi connectivity index (χ3v) is 5.87. The minimum absolute atomic E-state index is 0.0588. The van der Waals surface area contributed by atoms with E-state index in [1.54, 1.807) is 0 Å². The molecule has 1 aliphatic rings. The van der Waals surface area contributed by atoms with Gasteiger partial charge in [0.2, 0.25) is 0 Å². The number of allylic oxidation sites excluding steroid dienone is 3. The zero-order chi connectivity index (χ0) is 19.9. The highest BCUT2D eigenvalue weighted by Crippen LogP contribution is 2.31. The Morgan fingerprint density at radius 3 is 2.30 bits per heavy atom. The first kappa shape index (κ1) is 23.9. The molecule has 0 aromatic rings. The number of unbranched alkanes of at least 4 members (excludes halogenated alkanes) is 8. The Hall–Kier alpha value is -1.14. The molecule has 1 heterocycles. The van der Waals surface area contributed by atoms with Gasteiger partial charge >= 0.3 is 5.97 Å². The van der Waals surface area contributed by atoms with Gasteiger partial charge in [-0.15, -0.1) is 0 Å². The van der Waals surface area contributed by atoms with Crippen molar-refractivity contribution in [2.45, 2.75) is 84.0 Å². The number of amides is 1. The molecule has 0 aromatic carbocycles. The first-order chi connectivity index (χ1) is 13.1. The molecule has 0 spiro atoms. The Balaban J connectivity index is 2.13. The van der Waals surface area contributed by atoms with Gasteiger partial charge in [-0.1, -0.05) is 74.8 Å². The van der Waals surface area contributed by atoms with Gasteiger partial charge in [0.25, 0.3) is 5.91 Å². The maximum Gasteiger partial charge on any atom is 0.303 e.